The van der Waals surface area contributed by atoms with E-state index in [1.54, 1.807) is 31.2 Å². The molecule has 13 heteroatoms. The molecule has 1 heterocycles. The minimum atomic E-state index is -5.31. The molecule has 0 saturated carbocycles. The molecule has 144 valence electrons. The zero-order chi connectivity index (χ0) is 20.0. The Morgan fingerprint density at radius 2 is 1.48 bits per heavy atom. The molecular formula is C16H15N3Na2O6S2. The first-order valence-electron chi connectivity index (χ1n) is 7.94. The van der Waals surface area contributed by atoms with Crippen LogP contribution in [0.25, 0.3) is 16.7 Å². The molecular weight excluding hydrogens is 440 g/mol. The SMILES string of the molecule is CCC(C)c1cc(-n2nc3ccccc3n2)c(S(=O)(=O)[O-])c(S(=O)(=O)[O-])c1.[Na+].[Na+]. The van der Waals surface area contributed by atoms with E-state index in [2.05, 4.69) is 10.2 Å². The summed E-state index contributed by atoms with van der Waals surface area (Å²) in [6.07, 6.45) is 0.593. The molecule has 0 radical (unpaired) electrons. The van der Waals surface area contributed by atoms with Crippen molar-refractivity contribution < 1.29 is 85.1 Å². The first kappa shape index (κ1) is 26.7. The first-order chi connectivity index (χ1) is 12.5. The molecule has 2 aromatic carbocycles. The standard InChI is InChI=1S/C16H17N3O6S2.2Na/c1-3-10(2)11-8-14(19-17-12-6-4-5-7-13(12)18-19)16(27(23,24)25)15(9-11)26(20,21)22;;/h4-10H,3H2,1-2H3,(H,20,21,22)(H,23,24,25);;/q;2*+1/p-2. The molecule has 0 spiro atoms. The van der Waals surface area contributed by atoms with Crippen LogP contribution < -0.4 is 59.1 Å². The van der Waals surface area contributed by atoms with Crippen molar-refractivity contribution in [2.24, 2.45) is 0 Å². The number of nitrogens with zero attached hydrogens (tertiary/aromatic N) is 3. The Balaban J connectivity index is 0.00000210. The van der Waals surface area contributed by atoms with E-state index in [0.717, 1.165) is 10.9 Å². The van der Waals surface area contributed by atoms with Gasteiger partial charge >= 0.3 is 59.1 Å². The van der Waals surface area contributed by atoms with Crippen molar-refractivity contribution in [2.75, 3.05) is 0 Å². The zero-order valence-electron chi connectivity index (χ0n) is 16.4. The molecule has 0 fully saturated rings. The molecule has 0 aliphatic rings. The summed E-state index contributed by atoms with van der Waals surface area (Å²) in [7, 11) is -10.6. The third kappa shape index (κ3) is 5.67. The van der Waals surface area contributed by atoms with E-state index in [4.69, 9.17) is 0 Å². The second-order valence-corrected chi connectivity index (χ2v) is 8.73. The maximum atomic E-state index is 11.8. The van der Waals surface area contributed by atoms with Gasteiger partial charge in [0.25, 0.3) is 0 Å². The van der Waals surface area contributed by atoms with Gasteiger partial charge in [0.15, 0.2) is 0 Å². The van der Waals surface area contributed by atoms with Crippen molar-refractivity contribution in [2.45, 2.75) is 36.0 Å². The molecule has 0 N–H and O–H groups in total. The van der Waals surface area contributed by atoms with Gasteiger partial charge in [-0.25, -0.2) is 16.8 Å². The predicted octanol–water partition coefficient (Wildman–Crippen LogP) is -4.25. The van der Waals surface area contributed by atoms with Crippen molar-refractivity contribution in [1.82, 2.24) is 15.0 Å². The van der Waals surface area contributed by atoms with E-state index in [1.165, 1.54) is 6.07 Å². The summed E-state index contributed by atoms with van der Waals surface area (Å²) in [5.41, 5.74) is 0.837. The topological polar surface area (TPSA) is 145 Å². The molecule has 3 aromatic rings. The van der Waals surface area contributed by atoms with E-state index in [0.29, 0.717) is 23.0 Å². The van der Waals surface area contributed by atoms with Crippen LogP contribution in [0.2, 0.25) is 0 Å². The molecule has 0 aliphatic carbocycles. The summed E-state index contributed by atoms with van der Waals surface area (Å²) >= 11 is 0. The van der Waals surface area contributed by atoms with Gasteiger partial charge in [-0.3, -0.25) is 0 Å². The molecule has 0 saturated heterocycles. The monoisotopic (exact) mass is 455 g/mol. The summed E-state index contributed by atoms with van der Waals surface area (Å²) < 4.78 is 70.6. The molecule has 0 amide bonds. The van der Waals surface area contributed by atoms with Crippen LogP contribution in [0.15, 0.2) is 46.2 Å². The first-order valence-corrected chi connectivity index (χ1v) is 10.8. The van der Waals surface area contributed by atoms with Gasteiger partial charge in [-0.1, -0.05) is 26.0 Å². The molecule has 0 aliphatic heterocycles. The smallest absolute Gasteiger partial charge is 0.744 e. The number of hydrogen-bond acceptors (Lipinski definition) is 8. The van der Waals surface area contributed by atoms with Crippen molar-refractivity contribution in [1.29, 1.82) is 0 Å². The van der Waals surface area contributed by atoms with Gasteiger partial charge in [0, 0.05) is 0 Å². The van der Waals surface area contributed by atoms with Gasteiger partial charge in [-0.15, -0.1) is 15.0 Å². The largest absolute Gasteiger partial charge is 1.00 e. The van der Waals surface area contributed by atoms with Crippen LogP contribution in [0.5, 0.6) is 0 Å². The van der Waals surface area contributed by atoms with Crippen molar-refractivity contribution >= 4 is 31.3 Å². The van der Waals surface area contributed by atoms with Crippen LogP contribution in [-0.2, 0) is 20.2 Å². The molecule has 1 unspecified atom stereocenters. The number of fused-ring (bicyclic) bond motifs is 1. The fourth-order valence-electron chi connectivity index (χ4n) is 2.68. The van der Waals surface area contributed by atoms with E-state index in [1.807, 2.05) is 6.92 Å². The fraction of sp³-hybridized carbons (Fsp3) is 0.250. The Labute approximate surface area is 213 Å². The molecule has 29 heavy (non-hydrogen) atoms. The van der Waals surface area contributed by atoms with Gasteiger partial charge in [-0.2, -0.15) is 0 Å². The molecule has 0 bridgehead atoms. The van der Waals surface area contributed by atoms with Crippen molar-refractivity contribution in [3.05, 3.63) is 42.0 Å². The van der Waals surface area contributed by atoms with Crippen LogP contribution in [0.4, 0.5) is 0 Å². The number of benzene rings is 2. The number of rotatable bonds is 5. The Bertz CT molecular complexity index is 1210. The van der Waals surface area contributed by atoms with Gasteiger partial charge in [0.1, 0.15) is 37.0 Å². The van der Waals surface area contributed by atoms with Gasteiger partial charge in [0.2, 0.25) is 0 Å². The minimum Gasteiger partial charge on any atom is -0.744 e. The van der Waals surface area contributed by atoms with Crippen LogP contribution in [0.3, 0.4) is 0 Å². The second-order valence-electron chi connectivity index (χ2n) is 6.06. The van der Waals surface area contributed by atoms with E-state index >= 15 is 0 Å². The average Bonchev–Trinajstić information content (AvgIpc) is 3.02. The summed E-state index contributed by atoms with van der Waals surface area (Å²) in [4.78, 5) is -1.37. The average molecular weight is 455 g/mol. The molecule has 1 aromatic heterocycles. The predicted molar refractivity (Wildman–Crippen MR) is 93.5 cm³/mol. The Kier molecular flexibility index (Phi) is 9.07. The van der Waals surface area contributed by atoms with Gasteiger partial charge in [0.05, 0.1) is 9.79 Å². The quantitative estimate of drug-likeness (QED) is 0.278. The van der Waals surface area contributed by atoms with Crippen molar-refractivity contribution in [3.63, 3.8) is 0 Å². The zero-order valence-corrected chi connectivity index (χ0v) is 22.0. The minimum absolute atomic E-state index is 0. The summed E-state index contributed by atoms with van der Waals surface area (Å²) in [5.74, 6) is -0.197. The van der Waals surface area contributed by atoms with Crippen LogP contribution in [0, 0.1) is 0 Å². The van der Waals surface area contributed by atoms with Crippen LogP contribution >= 0.6 is 0 Å². The Morgan fingerprint density at radius 1 is 0.966 bits per heavy atom. The normalized spacial score (nSPS) is 12.8. The summed E-state index contributed by atoms with van der Waals surface area (Å²) in [5, 5.41) is 8.22. The molecule has 9 nitrogen and oxygen atoms in total. The van der Waals surface area contributed by atoms with Crippen LogP contribution in [-0.4, -0.2) is 40.9 Å². The Morgan fingerprint density at radius 3 is 1.90 bits per heavy atom. The van der Waals surface area contributed by atoms with Gasteiger partial charge in [-0.05, 0) is 42.2 Å². The van der Waals surface area contributed by atoms with Gasteiger partial charge < -0.3 is 9.11 Å². The maximum absolute atomic E-state index is 11.8. The Hall–Kier alpha value is -0.340. The third-order valence-corrected chi connectivity index (χ3v) is 6.18. The van der Waals surface area contributed by atoms with E-state index < -0.39 is 30.0 Å². The molecule has 1 atom stereocenters. The maximum Gasteiger partial charge on any atom is 1.00 e. The van der Waals surface area contributed by atoms with Crippen LogP contribution in [0.1, 0.15) is 31.7 Å². The summed E-state index contributed by atoms with van der Waals surface area (Å²) in [6, 6.07) is 8.88. The second kappa shape index (κ2) is 9.86. The van der Waals surface area contributed by atoms with Crippen molar-refractivity contribution in [3.8, 4) is 5.69 Å². The fourth-order valence-corrected chi connectivity index (χ4v) is 4.61. The number of hydrogen-bond donors (Lipinski definition) is 0. The van der Waals surface area contributed by atoms with E-state index in [-0.39, 0.29) is 70.7 Å². The third-order valence-electron chi connectivity index (χ3n) is 4.26. The molecule has 3 rings (SSSR count). The summed E-state index contributed by atoms with van der Waals surface area (Å²) in [6.45, 7) is 3.62. The number of aromatic nitrogens is 3. The van der Waals surface area contributed by atoms with E-state index in [9.17, 15) is 25.9 Å².